The van der Waals surface area contributed by atoms with Gasteiger partial charge < -0.3 is 0 Å². The quantitative estimate of drug-likeness (QED) is 0.363. The van der Waals surface area contributed by atoms with Gasteiger partial charge in [-0.05, 0) is 111 Å². The highest BCUT2D eigenvalue weighted by Crippen LogP contribution is 2.54. The molecule has 0 aliphatic heterocycles. The van der Waals surface area contributed by atoms with E-state index in [2.05, 4.69) is 19.1 Å². The van der Waals surface area contributed by atoms with E-state index in [4.69, 9.17) is 0 Å². The van der Waals surface area contributed by atoms with Crippen LogP contribution in [0.25, 0.3) is 0 Å². The zero-order valence-electron chi connectivity index (χ0n) is 17.0. The highest BCUT2D eigenvalue weighted by atomic mass is 19.2. The maximum atomic E-state index is 13.7. The van der Waals surface area contributed by atoms with Gasteiger partial charge in [0.15, 0.2) is 17.5 Å². The summed E-state index contributed by atoms with van der Waals surface area (Å²) in [5, 5.41) is 0. The Morgan fingerprint density at radius 2 is 1.50 bits per heavy atom. The first-order valence-corrected chi connectivity index (χ1v) is 11.4. The molecule has 4 rings (SSSR count). The van der Waals surface area contributed by atoms with Gasteiger partial charge in [0.25, 0.3) is 0 Å². The molecule has 0 bridgehead atoms. The molecule has 0 spiro atoms. The minimum Gasteiger partial charge on any atom is -0.204 e. The molecule has 0 saturated heterocycles. The Hall–Kier alpha value is -1.25. The fraction of sp³-hybridized carbons (Fsp3) is 0.680. The smallest absolute Gasteiger partial charge is 0.194 e. The van der Waals surface area contributed by atoms with E-state index in [-0.39, 0.29) is 5.92 Å². The first-order valence-electron chi connectivity index (χ1n) is 11.4. The van der Waals surface area contributed by atoms with Crippen LogP contribution in [0.3, 0.4) is 0 Å². The van der Waals surface area contributed by atoms with Crippen LogP contribution in [0.4, 0.5) is 13.2 Å². The van der Waals surface area contributed by atoms with Crippen molar-refractivity contribution in [1.82, 2.24) is 0 Å². The third-order valence-corrected chi connectivity index (χ3v) is 7.92. The average Bonchev–Trinajstić information content (AvgIpc) is 2.71. The number of benzene rings is 1. The fourth-order valence-corrected chi connectivity index (χ4v) is 6.57. The third-order valence-electron chi connectivity index (χ3n) is 7.92. The summed E-state index contributed by atoms with van der Waals surface area (Å²) >= 11 is 0. The lowest BCUT2D eigenvalue weighted by Crippen LogP contribution is -2.41. The second-order valence-electron chi connectivity index (χ2n) is 9.52. The van der Waals surface area contributed by atoms with Crippen molar-refractivity contribution >= 4 is 0 Å². The van der Waals surface area contributed by atoms with Gasteiger partial charge in [-0.1, -0.05) is 25.5 Å². The first-order chi connectivity index (χ1) is 13.6. The Labute approximate surface area is 167 Å². The summed E-state index contributed by atoms with van der Waals surface area (Å²) in [5.74, 6) is 0.671. The summed E-state index contributed by atoms with van der Waals surface area (Å²) < 4.78 is 40.7. The molecule has 0 nitrogen and oxygen atoms in total. The van der Waals surface area contributed by atoms with E-state index < -0.39 is 17.5 Å². The van der Waals surface area contributed by atoms with E-state index in [1.54, 1.807) is 0 Å². The van der Waals surface area contributed by atoms with Crippen LogP contribution in [0, 0.1) is 47.0 Å². The molecule has 3 heteroatoms. The van der Waals surface area contributed by atoms with Gasteiger partial charge in [-0.25, -0.2) is 13.2 Å². The van der Waals surface area contributed by atoms with E-state index in [0.717, 1.165) is 42.9 Å². The van der Waals surface area contributed by atoms with Crippen LogP contribution >= 0.6 is 0 Å². The summed E-state index contributed by atoms with van der Waals surface area (Å²) in [4.78, 5) is 0. The zero-order chi connectivity index (χ0) is 19.7. The molecule has 0 aromatic heterocycles. The van der Waals surface area contributed by atoms with Crippen LogP contribution in [0.1, 0.15) is 82.6 Å². The lowest BCUT2D eigenvalue weighted by atomic mass is 9.55. The van der Waals surface area contributed by atoms with Gasteiger partial charge in [-0.2, -0.15) is 0 Å². The lowest BCUT2D eigenvalue weighted by Gasteiger charge is -2.50. The average molecular weight is 391 g/mol. The maximum Gasteiger partial charge on any atom is 0.194 e. The van der Waals surface area contributed by atoms with Crippen molar-refractivity contribution in [3.8, 4) is 0 Å². The summed E-state index contributed by atoms with van der Waals surface area (Å²) in [6, 6.07) is 2.45. The van der Waals surface area contributed by atoms with E-state index in [1.165, 1.54) is 57.1 Å². The molecular formula is C25H33F3. The van der Waals surface area contributed by atoms with Crippen molar-refractivity contribution in [2.45, 2.75) is 77.0 Å². The molecule has 0 amide bonds. The summed E-state index contributed by atoms with van der Waals surface area (Å²) in [5.41, 5.74) is 0.654. The monoisotopic (exact) mass is 390 g/mol. The predicted octanol–water partition coefficient (Wildman–Crippen LogP) is 7.79. The molecule has 3 aliphatic carbocycles. The Bertz CT molecular complexity index is 687. The topological polar surface area (TPSA) is 0 Å². The summed E-state index contributed by atoms with van der Waals surface area (Å²) in [6.45, 7) is 2.23. The number of halogens is 3. The number of fused-ring (bicyclic) bond motifs is 3. The molecule has 1 aromatic carbocycles. The SMILES string of the molecule is CCC/C=C/C1CCC2C(CCC3CC(c4cc(F)c(F)c(F)c4)CCC32)C1. The predicted molar refractivity (Wildman–Crippen MR) is 107 cm³/mol. The van der Waals surface area contributed by atoms with E-state index >= 15 is 0 Å². The fourth-order valence-electron chi connectivity index (χ4n) is 6.57. The standard InChI is InChI=1S/C25H33F3/c1-2-3-4-5-16-6-10-21-18(12-16)7-8-19-13-17(9-11-22(19)21)20-14-23(26)25(28)24(27)15-20/h4-5,14-19,21-22H,2-3,6-13H2,1H3/b5-4+. The zero-order valence-corrected chi connectivity index (χ0v) is 17.0. The lowest BCUT2D eigenvalue weighted by molar-refractivity contribution is 0.0127. The molecule has 6 atom stereocenters. The van der Waals surface area contributed by atoms with Gasteiger partial charge >= 0.3 is 0 Å². The van der Waals surface area contributed by atoms with Crippen LogP contribution in [0.15, 0.2) is 24.3 Å². The van der Waals surface area contributed by atoms with E-state index in [9.17, 15) is 13.2 Å². The van der Waals surface area contributed by atoms with Crippen molar-refractivity contribution in [2.24, 2.45) is 29.6 Å². The van der Waals surface area contributed by atoms with Crippen LogP contribution in [-0.2, 0) is 0 Å². The molecule has 1 aromatic rings. The number of unbranched alkanes of at least 4 members (excludes halogenated alkanes) is 1. The summed E-state index contributed by atoms with van der Waals surface area (Å²) in [7, 11) is 0. The molecule has 154 valence electrons. The van der Waals surface area contributed by atoms with Gasteiger partial charge in [0, 0.05) is 0 Å². The highest BCUT2D eigenvalue weighted by molar-refractivity contribution is 5.24. The Morgan fingerprint density at radius 1 is 0.857 bits per heavy atom. The van der Waals surface area contributed by atoms with Crippen molar-refractivity contribution in [3.63, 3.8) is 0 Å². The maximum absolute atomic E-state index is 13.7. The van der Waals surface area contributed by atoms with Crippen molar-refractivity contribution in [2.75, 3.05) is 0 Å². The third kappa shape index (κ3) is 4.04. The molecule has 0 heterocycles. The Kier molecular flexibility index (Phi) is 6.18. The van der Waals surface area contributed by atoms with Crippen LogP contribution in [0.2, 0.25) is 0 Å². The molecule has 3 fully saturated rings. The molecule has 0 N–H and O–H groups in total. The first kappa shape index (κ1) is 20.0. The van der Waals surface area contributed by atoms with Gasteiger partial charge in [0.2, 0.25) is 0 Å². The van der Waals surface area contributed by atoms with Crippen LogP contribution < -0.4 is 0 Å². The molecule has 6 unspecified atom stereocenters. The number of hydrogen-bond donors (Lipinski definition) is 0. The summed E-state index contributed by atoms with van der Waals surface area (Å²) in [6.07, 6.45) is 17.0. The number of allylic oxidation sites excluding steroid dienone is 2. The molecule has 3 saturated carbocycles. The van der Waals surface area contributed by atoms with Crippen molar-refractivity contribution in [3.05, 3.63) is 47.3 Å². The molecule has 3 aliphatic rings. The van der Waals surface area contributed by atoms with Gasteiger partial charge in [0.05, 0.1) is 0 Å². The minimum atomic E-state index is -1.34. The van der Waals surface area contributed by atoms with E-state index in [1.807, 2.05) is 0 Å². The van der Waals surface area contributed by atoms with Crippen LogP contribution in [0.5, 0.6) is 0 Å². The van der Waals surface area contributed by atoms with E-state index in [0.29, 0.717) is 11.5 Å². The molecular weight excluding hydrogens is 357 g/mol. The second-order valence-corrected chi connectivity index (χ2v) is 9.52. The van der Waals surface area contributed by atoms with Gasteiger partial charge in [0.1, 0.15) is 0 Å². The van der Waals surface area contributed by atoms with Gasteiger partial charge in [-0.15, -0.1) is 0 Å². The number of rotatable bonds is 4. The van der Waals surface area contributed by atoms with Crippen molar-refractivity contribution in [1.29, 1.82) is 0 Å². The highest BCUT2D eigenvalue weighted by Gasteiger charge is 2.44. The van der Waals surface area contributed by atoms with Crippen molar-refractivity contribution < 1.29 is 13.2 Å². The minimum absolute atomic E-state index is 0.177. The molecule has 0 radical (unpaired) electrons. The number of hydrogen-bond acceptors (Lipinski definition) is 0. The second kappa shape index (κ2) is 8.63. The Balaban J connectivity index is 1.39. The normalized spacial score (nSPS) is 35.6. The van der Waals surface area contributed by atoms with Crippen LogP contribution in [-0.4, -0.2) is 0 Å². The Morgan fingerprint density at radius 3 is 2.18 bits per heavy atom. The largest absolute Gasteiger partial charge is 0.204 e. The van der Waals surface area contributed by atoms with Gasteiger partial charge in [-0.3, -0.25) is 0 Å². The molecule has 28 heavy (non-hydrogen) atoms.